The largest absolute Gasteiger partial charge is 0.454 e. The van der Waals surface area contributed by atoms with Crippen LogP contribution in [0.2, 0.25) is 0 Å². The van der Waals surface area contributed by atoms with E-state index < -0.39 is 0 Å². The van der Waals surface area contributed by atoms with Gasteiger partial charge >= 0.3 is 0 Å². The first kappa shape index (κ1) is 20.5. The number of ether oxygens (including phenoxy) is 2. The SMILES string of the molecule is O=C1c2cc3c(cc2CCN1CC1CCCN(CCc2ccc4ccccc4c2)C1)OCO3. The summed E-state index contributed by atoms with van der Waals surface area (Å²) < 4.78 is 11.0. The third kappa shape index (κ3) is 4.18. The van der Waals surface area contributed by atoms with Gasteiger partial charge in [0.1, 0.15) is 0 Å². The molecule has 1 atom stereocenters. The van der Waals surface area contributed by atoms with Crippen molar-refractivity contribution in [2.24, 2.45) is 5.92 Å². The molecular formula is C28H30N2O3. The standard InChI is InChI=1S/C28H30N2O3/c31-28-25-16-27-26(32-19-33-27)15-24(25)10-13-30(28)18-21-4-3-11-29(17-21)12-9-20-7-8-22-5-1-2-6-23(22)14-20/h1-2,5-8,14-16,21H,3-4,9-13,17-19H2. The van der Waals surface area contributed by atoms with Gasteiger partial charge in [-0.15, -0.1) is 0 Å². The summed E-state index contributed by atoms with van der Waals surface area (Å²) in [5, 5.41) is 2.62. The smallest absolute Gasteiger partial charge is 0.254 e. The molecule has 3 aromatic carbocycles. The highest BCUT2D eigenvalue weighted by Crippen LogP contribution is 2.37. The van der Waals surface area contributed by atoms with Gasteiger partial charge in [-0.05, 0) is 72.2 Å². The van der Waals surface area contributed by atoms with Crippen LogP contribution < -0.4 is 9.47 Å². The maximum atomic E-state index is 13.2. The van der Waals surface area contributed by atoms with Crippen LogP contribution in [0.5, 0.6) is 11.5 Å². The highest BCUT2D eigenvalue weighted by atomic mass is 16.7. The minimum absolute atomic E-state index is 0.142. The van der Waals surface area contributed by atoms with Crippen LogP contribution in [0, 0.1) is 5.92 Å². The van der Waals surface area contributed by atoms with Crippen molar-refractivity contribution in [2.75, 3.05) is 39.5 Å². The minimum Gasteiger partial charge on any atom is -0.454 e. The summed E-state index contributed by atoms with van der Waals surface area (Å²) >= 11 is 0. The van der Waals surface area contributed by atoms with E-state index >= 15 is 0 Å². The van der Waals surface area contributed by atoms with Crippen molar-refractivity contribution in [2.45, 2.75) is 25.7 Å². The highest BCUT2D eigenvalue weighted by molar-refractivity contribution is 5.97. The minimum atomic E-state index is 0.142. The molecule has 170 valence electrons. The van der Waals surface area contributed by atoms with Gasteiger partial charge in [-0.1, -0.05) is 42.5 Å². The summed E-state index contributed by atoms with van der Waals surface area (Å²) in [5.74, 6) is 2.14. The first-order valence-corrected chi connectivity index (χ1v) is 12.1. The number of carbonyl (C=O) groups is 1. The number of hydrogen-bond donors (Lipinski definition) is 0. The summed E-state index contributed by atoms with van der Waals surface area (Å²) in [6, 6.07) is 19.2. The number of nitrogens with zero attached hydrogens (tertiary/aromatic N) is 2. The van der Waals surface area contributed by atoms with Crippen LogP contribution in [0.3, 0.4) is 0 Å². The molecule has 0 aliphatic carbocycles. The highest BCUT2D eigenvalue weighted by Gasteiger charge is 2.30. The Labute approximate surface area is 194 Å². The van der Waals surface area contributed by atoms with E-state index in [-0.39, 0.29) is 12.7 Å². The summed E-state index contributed by atoms with van der Waals surface area (Å²) in [6.45, 7) is 5.19. The summed E-state index contributed by atoms with van der Waals surface area (Å²) in [7, 11) is 0. The lowest BCUT2D eigenvalue weighted by Crippen LogP contribution is -2.45. The van der Waals surface area contributed by atoms with Gasteiger partial charge in [-0.2, -0.15) is 0 Å². The zero-order valence-electron chi connectivity index (χ0n) is 19.0. The number of hydrogen-bond acceptors (Lipinski definition) is 4. The van der Waals surface area contributed by atoms with Crippen LogP contribution in [0.1, 0.15) is 34.3 Å². The lowest BCUT2D eigenvalue weighted by Gasteiger charge is -2.37. The van der Waals surface area contributed by atoms with E-state index in [1.165, 1.54) is 29.2 Å². The Kier molecular flexibility index (Phi) is 5.43. The Bertz CT molecular complexity index is 1190. The normalized spacial score (nSPS) is 20.3. The molecule has 33 heavy (non-hydrogen) atoms. The topological polar surface area (TPSA) is 42.0 Å². The van der Waals surface area contributed by atoms with Crippen LogP contribution >= 0.6 is 0 Å². The van der Waals surface area contributed by atoms with E-state index in [9.17, 15) is 4.79 Å². The molecule has 0 aromatic heterocycles. The Morgan fingerprint density at radius 3 is 2.70 bits per heavy atom. The fourth-order valence-corrected chi connectivity index (χ4v) is 5.59. The third-order valence-electron chi connectivity index (χ3n) is 7.38. The molecule has 3 aliphatic rings. The number of carbonyl (C=O) groups excluding carboxylic acids is 1. The Balaban J connectivity index is 1.07. The maximum absolute atomic E-state index is 13.2. The summed E-state index contributed by atoms with van der Waals surface area (Å²) in [6.07, 6.45) is 4.36. The summed E-state index contributed by atoms with van der Waals surface area (Å²) in [5.41, 5.74) is 3.27. The van der Waals surface area contributed by atoms with Gasteiger partial charge in [0, 0.05) is 31.7 Å². The van der Waals surface area contributed by atoms with E-state index in [4.69, 9.17) is 9.47 Å². The first-order chi connectivity index (χ1) is 16.2. The second-order valence-corrected chi connectivity index (χ2v) is 9.60. The molecule has 3 heterocycles. The van der Waals surface area contributed by atoms with Crippen LogP contribution in [0.4, 0.5) is 0 Å². The van der Waals surface area contributed by atoms with E-state index in [2.05, 4.69) is 52.3 Å². The molecular weight excluding hydrogens is 412 g/mol. The monoisotopic (exact) mass is 442 g/mol. The maximum Gasteiger partial charge on any atom is 0.254 e. The van der Waals surface area contributed by atoms with E-state index in [1.54, 1.807) is 0 Å². The Hall–Kier alpha value is -3.05. The van der Waals surface area contributed by atoms with Gasteiger partial charge in [0.25, 0.3) is 5.91 Å². The second kappa shape index (κ2) is 8.71. The van der Waals surface area contributed by atoms with Crippen molar-refractivity contribution >= 4 is 16.7 Å². The average Bonchev–Trinajstić information content (AvgIpc) is 3.31. The Morgan fingerprint density at radius 2 is 1.79 bits per heavy atom. The van der Waals surface area contributed by atoms with Crippen LogP contribution in [0.25, 0.3) is 10.8 Å². The number of rotatable bonds is 5. The first-order valence-electron chi connectivity index (χ1n) is 12.1. The van der Waals surface area contributed by atoms with Crippen LogP contribution in [0.15, 0.2) is 54.6 Å². The Morgan fingerprint density at radius 1 is 0.939 bits per heavy atom. The second-order valence-electron chi connectivity index (χ2n) is 9.60. The molecule has 5 nitrogen and oxygen atoms in total. The molecule has 1 saturated heterocycles. The van der Waals surface area contributed by atoms with Gasteiger partial charge in [0.2, 0.25) is 6.79 Å². The third-order valence-corrected chi connectivity index (χ3v) is 7.38. The van der Waals surface area contributed by atoms with Crippen LogP contribution in [-0.4, -0.2) is 55.2 Å². The van der Waals surface area contributed by atoms with Crippen molar-refractivity contribution in [1.82, 2.24) is 9.80 Å². The van der Waals surface area contributed by atoms with E-state index in [0.717, 1.165) is 62.4 Å². The van der Waals surface area contributed by atoms with Gasteiger partial charge in [-0.25, -0.2) is 0 Å². The molecule has 0 bridgehead atoms. The molecule has 0 radical (unpaired) electrons. The van der Waals surface area contributed by atoms with Gasteiger partial charge in [0.05, 0.1) is 0 Å². The molecule has 0 spiro atoms. The lowest BCUT2D eigenvalue weighted by atomic mass is 9.93. The number of fused-ring (bicyclic) bond motifs is 3. The van der Waals surface area contributed by atoms with Crippen LogP contribution in [-0.2, 0) is 12.8 Å². The van der Waals surface area contributed by atoms with Crippen molar-refractivity contribution in [3.8, 4) is 11.5 Å². The quantitative estimate of drug-likeness (QED) is 0.583. The number of piperidine rings is 1. The predicted molar refractivity (Wildman–Crippen MR) is 129 cm³/mol. The number of amides is 1. The molecule has 6 rings (SSSR count). The molecule has 1 fully saturated rings. The zero-order chi connectivity index (χ0) is 22.2. The molecule has 1 amide bonds. The van der Waals surface area contributed by atoms with Gasteiger partial charge < -0.3 is 19.3 Å². The number of likely N-dealkylation sites (tertiary alicyclic amines) is 1. The molecule has 1 unspecified atom stereocenters. The van der Waals surface area contributed by atoms with Crippen molar-refractivity contribution in [3.05, 3.63) is 71.3 Å². The lowest BCUT2D eigenvalue weighted by molar-refractivity contribution is 0.0662. The van der Waals surface area contributed by atoms with Crippen molar-refractivity contribution < 1.29 is 14.3 Å². The van der Waals surface area contributed by atoms with E-state index in [0.29, 0.717) is 11.7 Å². The summed E-state index contributed by atoms with van der Waals surface area (Å²) in [4.78, 5) is 17.9. The van der Waals surface area contributed by atoms with Crippen molar-refractivity contribution in [1.29, 1.82) is 0 Å². The van der Waals surface area contributed by atoms with E-state index in [1.807, 2.05) is 12.1 Å². The fourth-order valence-electron chi connectivity index (χ4n) is 5.59. The molecule has 0 saturated carbocycles. The average molecular weight is 443 g/mol. The fraction of sp³-hybridized carbons (Fsp3) is 0.393. The molecule has 5 heteroatoms. The van der Waals surface area contributed by atoms with Gasteiger partial charge in [0.15, 0.2) is 11.5 Å². The molecule has 3 aromatic rings. The molecule has 3 aliphatic heterocycles. The zero-order valence-corrected chi connectivity index (χ0v) is 19.0. The van der Waals surface area contributed by atoms with Crippen molar-refractivity contribution in [3.63, 3.8) is 0 Å². The van der Waals surface area contributed by atoms with Gasteiger partial charge in [-0.3, -0.25) is 4.79 Å². The number of benzene rings is 3. The molecule has 0 N–H and O–H groups in total. The predicted octanol–water partition coefficient (Wildman–Crippen LogP) is 4.52.